The van der Waals surface area contributed by atoms with Crippen LogP contribution >= 0.6 is 0 Å². The highest BCUT2D eigenvalue weighted by atomic mass is 16.5. The molecule has 0 saturated carbocycles. The van der Waals surface area contributed by atoms with E-state index in [9.17, 15) is 4.79 Å². The van der Waals surface area contributed by atoms with E-state index in [1.165, 1.54) is 0 Å². The predicted molar refractivity (Wildman–Crippen MR) is 69.3 cm³/mol. The fourth-order valence-corrected chi connectivity index (χ4v) is 1.98. The monoisotopic (exact) mass is 235 g/mol. The molecule has 94 valence electrons. The SMILES string of the molecule is CNC(=O)CC(c1ccccc1OC)C(C)C. The molecule has 0 saturated heterocycles. The van der Waals surface area contributed by atoms with Crippen molar-refractivity contribution in [3.63, 3.8) is 0 Å². The number of methoxy groups -OCH3 is 1. The molecule has 1 atom stereocenters. The standard InChI is InChI=1S/C14H21NO2/c1-10(2)12(9-14(16)15-3)11-7-5-6-8-13(11)17-4/h5-8,10,12H,9H2,1-4H3,(H,15,16). The van der Waals surface area contributed by atoms with Gasteiger partial charge in [0.2, 0.25) is 5.91 Å². The first-order valence-electron chi connectivity index (χ1n) is 5.93. The van der Waals surface area contributed by atoms with Crippen LogP contribution in [0.2, 0.25) is 0 Å². The lowest BCUT2D eigenvalue weighted by atomic mass is 9.85. The van der Waals surface area contributed by atoms with Gasteiger partial charge in [0, 0.05) is 13.5 Å². The number of benzene rings is 1. The van der Waals surface area contributed by atoms with Gasteiger partial charge in [-0.3, -0.25) is 4.79 Å². The molecule has 0 spiro atoms. The lowest BCUT2D eigenvalue weighted by Gasteiger charge is -2.22. The Labute approximate surface area is 103 Å². The quantitative estimate of drug-likeness (QED) is 0.851. The highest BCUT2D eigenvalue weighted by Crippen LogP contribution is 2.34. The average Bonchev–Trinajstić information content (AvgIpc) is 2.35. The molecule has 0 radical (unpaired) electrons. The average molecular weight is 235 g/mol. The molecule has 1 amide bonds. The van der Waals surface area contributed by atoms with Crippen LogP contribution in [0, 0.1) is 5.92 Å². The number of amides is 1. The van der Waals surface area contributed by atoms with Gasteiger partial charge in [-0.2, -0.15) is 0 Å². The minimum absolute atomic E-state index is 0.0645. The third kappa shape index (κ3) is 3.48. The Morgan fingerprint density at radius 1 is 1.35 bits per heavy atom. The van der Waals surface area contributed by atoms with E-state index in [-0.39, 0.29) is 11.8 Å². The molecule has 0 aliphatic carbocycles. The van der Waals surface area contributed by atoms with Gasteiger partial charge >= 0.3 is 0 Å². The zero-order valence-electron chi connectivity index (χ0n) is 11.0. The number of hydrogen-bond donors (Lipinski definition) is 1. The van der Waals surface area contributed by atoms with Gasteiger partial charge < -0.3 is 10.1 Å². The first-order chi connectivity index (χ1) is 8.10. The summed E-state index contributed by atoms with van der Waals surface area (Å²) < 4.78 is 5.36. The Bertz CT molecular complexity index is 374. The first kappa shape index (κ1) is 13.6. The number of nitrogens with one attached hydrogen (secondary N) is 1. The molecule has 0 fully saturated rings. The van der Waals surface area contributed by atoms with Gasteiger partial charge in [-0.15, -0.1) is 0 Å². The molecule has 3 heteroatoms. The molecule has 1 aromatic rings. The van der Waals surface area contributed by atoms with E-state index in [4.69, 9.17) is 4.74 Å². The molecule has 0 bridgehead atoms. The van der Waals surface area contributed by atoms with Crippen molar-refractivity contribution >= 4 is 5.91 Å². The van der Waals surface area contributed by atoms with Crippen molar-refractivity contribution in [1.82, 2.24) is 5.32 Å². The molecule has 17 heavy (non-hydrogen) atoms. The van der Waals surface area contributed by atoms with Crippen LogP contribution in [0.5, 0.6) is 5.75 Å². The van der Waals surface area contributed by atoms with Crippen LogP contribution in [-0.4, -0.2) is 20.1 Å². The molecular formula is C14H21NO2. The number of ether oxygens (including phenoxy) is 1. The molecule has 1 rings (SSSR count). The molecule has 1 unspecified atom stereocenters. The molecule has 1 N–H and O–H groups in total. The van der Waals surface area contributed by atoms with Gasteiger partial charge in [0.05, 0.1) is 7.11 Å². The number of hydrogen-bond acceptors (Lipinski definition) is 2. The maximum Gasteiger partial charge on any atom is 0.220 e. The molecule has 3 nitrogen and oxygen atoms in total. The minimum atomic E-state index is 0.0645. The van der Waals surface area contributed by atoms with E-state index in [0.29, 0.717) is 12.3 Å². The molecule has 0 aromatic heterocycles. The lowest BCUT2D eigenvalue weighted by Crippen LogP contribution is -2.22. The first-order valence-corrected chi connectivity index (χ1v) is 5.93. The number of rotatable bonds is 5. The van der Waals surface area contributed by atoms with E-state index < -0.39 is 0 Å². The van der Waals surface area contributed by atoms with E-state index in [1.54, 1.807) is 14.2 Å². The third-order valence-electron chi connectivity index (χ3n) is 3.03. The van der Waals surface area contributed by atoms with Crippen LogP contribution in [0.15, 0.2) is 24.3 Å². The zero-order chi connectivity index (χ0) is 12.8. The molecule has 1 aromatic carbocycles. The van der Waals surface area contributed by atoms with Crippen LogP contribution in [0.25, 0.3) is 0 Å². The Morgan fingerprint density at radius 3 is 2.53 bits per heavy atom. The fourth-order valence-electron chi connectivity index (χ4n) is 1.98. The normalized spacial score (nSPS) is 12.3. The van der Waals surface area contributed by atoms with Crippen molar-refractivity contribution in [2.24, 2.45) is 5.92 Å². The number of carbonyl (C=O) groups is 1. The van der Waals surface area contributed by atoms with Gasteiger partial charge in [0.25, 0.3) is 0 Å². The van der Waals surface area contributed by atoms with Crippen molar-refractivity contribution in [2.75, 3.05) is 14.2 Å². The Balaban J connectivity index is 3.01. The Morgan fingerprint density at radius 2 is 2.00 bits per heavy atom. The Kier molecular flexibility index (Phi) is 5.01. The van der Waals surface area contributed by atoms with Gasteiger partial charge in [-0.25, -0.2) is 0 Å². The van der Waals surface area contributed by atoms with Crippen molar-refractivity contribution in [3.05, 3.63) is 29.8 Å². The summed E-state index contributed by atoms with van der Waals surface area (Å²) in [5.74, 6) is 1.50. The largest absolute Gasteiger partial charge is 0.496 e. The summed E-state index contributed by atoms with van der Waals surface area (Å²) in [4.78, 5) is 11.5. The second-order valence-corrected chi connectivity index (χ2v) is 4.47. The smallest absolute Gasteiger partial charge is 0.220 e. The van der Waals surface area contributed by atoms with Crippen LogP contribution in [0.1, 0.15) is 31.7 Å². The van der Waals surface area contributed by atoms with Crippen molar-refractivity contribution < 1.29 is 9.53 Å². The summed E-state index contributed by atoms with van der Waals surface area (Å²) in [6, 6.07) is 7.90. The lowest BCUT2D eigenvalue weighted by molar-refractivity contribution is -0.121. The van der Waals surface area contributed by atoms with Crippen LogP contribution in [-0.2, 0) is 4.79 Å². The number of para-hydroxylation sites is 1. The summed E-state index contributed by atoms with van der Waals surface area (Å²) in [6.07, 6.45) is 0.495. The van der Waals surface area contributed by atoms with Crippen molar-refractivity contribution in [1.29, 1.82) is 0 Å². The summed E-state index contributed by atoms with van der Waals surface area (Å²) >= 11 is 0. The van der Waals surface area contributed by atoms with Crippen LogP contribution in [0.3, 0.4) is 0 Å². The number of carbonyl (C=O) groups excluding carboxylic acids is 1. The van der Waals surface area contributed by atoms with Gasteiger partial charge in [-0.1, -0.05) is 32.0 Å². The minimum Gasteiger partial charge on any atom is -0.496 e. The van der Waals surface area contributed by atoms with Crippen molar-refractivity contribution in [3.8, 4) is 5.75 Å². The van der Waals surface area contributed by atoms with E-state index in [1.807, 2.05) is 24.3 Å². The molecule has 0 heterocycles. The molecular weight excluding hydrogens is 214 g/mol. The summed E-state index contributed by atoms with van der Waals surface area (Å²) in [5.41, 5.74) is 1.11. The highest BCUT2D eigenvalue weighted by Gasteiger charge is 2.21. The summed E-state index contributed by atoms with van der Waals surface area (Å²) in [7, 11) is 3.33. The highest BCUT2D eigenvalue weighted by molar-refractivity contribution is 5.76. The van der Waals surface area contributed by atoms with Gasteiger partial charge in [0.1, 0.15) is 5.75 Å². The van der Waals surface area contributed by atoms with E-state index >= 15 is 0 Å². The second-order valence-electron chi connectivity index (χ2n) is 4.47. The van der Waals surface area contributed by atoms with Crippen LogP contribution < -0.4 is 10.1 Å². The van der Waals surface area contributed by atoms with Crippen LogP contribution in [0.4, 0.5) is 0 Å². The molecule has 0 aliphatic heterocycles. The second kappa shape index (κ2) is 6.28. The molecule has 0 aliphatic rings. The van der Waals surface area contributed by atoms with Gasteiger partial charge in [0.15, 0.2) is 0 Å². The van der Waals surface area contributed by atoms with E-state index in [0.717, 1.165) is 11.3 Å². The third-order valence-corrected chi connectivity index (χ3v) is 3.03. The zero-order valence-corrected chi connectivity index (χ0v) is 11.0. The fraction of sp³-hybridized carbons (Fsp3) is 0.500. The summed E-state index contributed by atoms with van der Waals surface area (Å²) in [6.45, 7) is 4.25. The Hall–Kier alpha value is -1.51. The van der Waals surface area contributed by atoms with E-state index in [2.05, 4.69) is 19.2 Å². The summed E-state index contributed by atoms with van der Waals surface area (Å²) in [5, 5.41) is 2.68. The van der Waals surface area contributed by atoms with Crippen molar-refractivity contribution in [2.45, 2.75) is 26.2 Å². The van der Waals surface area contributed by atoms with Gasteiger partial charge in [-0.05, 0) is 23.5 Å². The maximum atomic E-state index is 11.5. The predicted octanol–water partition coefficient (Wildman–Crippen LogP) is 2.57. The maximum absolute atomic E-state index is 11.5. The topological polar surface area (TPSA) is 38.3 Å².